The van der Waals surface area contributed by atoms with E-state index in [2.05, 4.69) is 10.6 Å². The third kappa shape index (κ3) is 11.0. The fourth-order valence-corrected chi connectivity index (χ4v) is 7.71. The Morgan fingerprint density at radius 2 is 0.839 bits per heavy atom. The van der Waals surface area contributed by atoms with Crippen LogP contribution in [0.1, 0.15) is 13.8 Å². The minimum Gasteiger partial charge on any atom is -0.394 e. The first-order valence-corrected chi connectivity index (χ1v) is 19.6. The molecule has 5 aliphatic rings. The highest BCUT2D eigenvalue weighted by Crippen LogP contribution is 2.35. The van der Waals surface area contributed by atoms with Gasteiger partial charge in [0.05, 0.1) is 33.0 Å². The zero-order chi connectivity index (χ0) is 45.9. The normalized spacial score (nSPS) is 49.0. The number of aliphatic hydroxyl groups excluding tert-OH is 15. The molecule has 0 bridgehead atoms. The molecule has 62 heavy (non-hydrogen) atoms. The Balaban J connectivity index is 1.42. The van der Waals surface area contributed by atoms with Crippen LogP contribution in [0.5, 0.6) is 0 Å². The van der Waals surface area contributed by atoms with Crippen LogP contribution < -0.4 is 10.6 Å². The van der Waals surface area contributed by atoms with Crippen molar-refractivity contribution >= 4 is 11.8 Å². The molecule has 0 spiro atoms. The summed E-state index contributed by atoms with van der Waals surface area (Å²) in [6.07, 6.45) is -42.3. The first kappa shape index (κ1) is 51.0. The van der Waals surface area contributed by atoms with E-state index in [0.717, 1.165) is 13.8 Å². The SMILES string of the molecule is CC(=O)N[C@H]1[C@H](O[C@H]2[C@@H](O)[C@@H](CO)O[C@H](O[C@H]3[C@H](O)[C@@H](CO)O[C@@H](O[C@H]4[C@@H](OC[C@H]5O[C@H](O)[C@H](O)[C@@H](O)[C@@H]5O)O[C@H](CO)[C@@H](O)[C@@H]4O)[C@@H]3NC(C)=O)[C@@H]2O)O[C@H](CO)[C@@H](O)[C@@H]1O. The van der Waals surface area contributed by atoms with E-state index in [4.69, 9.17) is 42.6 Å². The number of nitrogens with one attached hydrogen (secondary N) is 2. The molecule has 0 aliphatic carbocycles. The molecule has 360 valence electrons. The topological polar surface area (TPSA) is 445 Å². The number of rotatable bonds is 15. The number of carbonyl (C=O) groups excluding carboxylic acids is 2. The minimum absolute atomic E-state index is 0.735. The lowest BCUT2D eigenvalue weighted by molar-refractivity contribution is -0.381. The van der Waals surface area contributed by atoms with Crippen LogP contribution in [-0.2, 0) is 52.2 Å². The molecule has 5 saturated heterocycles. The molecule has 0 aromatic rings. The lowest BCUT2D eigenvalue weighted by Gasteiger charge is -2.50. The highest BCUT2D eigenvalue weighted by Gasteiger charge is 2.56. The van der Waals surface area contributed by atoms with Crippen LogP contribution in [0.3, 0.4) is 0 Å². The van der Waals surface area contributed by atoms with Crippen molar-refractivity contribution in [2.24, 2.45) is 0 Å². The van der Waals surface area contributed by atoms with Gasteiger partial charge in [-0.25, -0.2) is 0 Å². The molecule has 0 aromatic heterocycles. The van der Waals surface area contributed by atoms with Gasteiger partial charge in [-0.15, -0.1) is 0 Å². The summed E-state index contributed by atoms with van der Waals surface area (Å²) in [5.41, 5.74) is 0. The van der Waals surface area contributed by atoms with Gasteiger partial charge in [-0.05, 0) is 0 Å². The van der Waals surface area contributed by atoms with Crippen molar-refractivity contribution in [3.63, 3.8) is 0 Å². The zero-order valence-electron chi connectivity index (χ0n) is 33.2. The molecule has 28 heteroatoms. The zero-order valence-corrected chi connectivity index (χ0v) is 33.2. The predicted molar refractivity (Wildman–Crippen MR) is 190 cm³/mol. The smallest absolute Gasteiger partial charge is 0.217 e. The van der Waals surface area contributed by atoms with Gasteiger partial charge in [-0.2, -0.15) is 0 Å². The highest BCUT2D eigenvalue weighted by molar-refractivity contribution is 5.73. The summed E-state index contributed by atoms with van der Waals surface area (Å²) in [5, 5.41) is 162. The van der Waals surface area contributed by atoms with Crippen molar-refractivity contribution in [3.8, 4) is 0 Å². The van der Waals surface area contributed by atoms with E-state index in [1.54, 1.807) is 0 Å². The minimum atomic E-state index is -2.14. The number of amides is 2. The van der Waals surface area contributed by atoms with Crippen LogP contribution >= 0.6 is 0 Å². The van der Waals surface area contributed by atoms with Gasteiger partial charge in [0, 0.05) is 13.8 Å². The molecule has 2 amide bonds. The third-order valence-corrected chi connectivity index (χ3v) is 11.1. The Hall–Kier alpha value is -2.02. The highest BCUT2D eigenvalue weighted by atomic mass is 16.8. The van der Waals surface area contributed by atoms with Crippen molar-refractivity contribution in [2.45, 2.75) is 167 Å². The van der Waals surface area contributed by atoms with Gasteiger partial charge in [0.1, 0.15) is 122 Å². The van der Waals surface area contributed by atoms with Gasteiger partial charge >= 0.3 is 0 Å². The van der Waals surface area contributed by atoms with Crippen molar-refractivity contribution in [1.29, 1.82) is 0 Å². The Bertz CT molecular complexity index is 1440. The monoisotopic (exact) mass is 910 g/mol. The quantitative estimate of drug-likeness (QED) is 0.0725. The molecule has 17 N–H and O–H groups in total. The van der Waals surface area contributed by atoms with Crippen molar-refractivity contribution < 1.29 is 129 Å². The maximum atomic E-state index is 12.6. The van der Waals surface area contributed by atoms with Crippen molar-refractivity contribution in [3.05, 3.63) is 0 Å². The van der Waals surface area contributed by atoms with Crippen molar-refractivity contribution in [2.75, 3.05) is 33.0 Å². The van der Waals surface area contributed by atoms with E-state index in [0.29, 0.717) is 0 Å². The Morgan fingerprint density at radius 3 is 1.39 bits per heavy atom. The summed E-state index contributed by atoms with van der Waals surface area (Å²) < 4.78 is 51.1. The van der Waals surface area contributed by atoms with Crippen LogP contribution in [0.25, 0.3) is 0 Å². The summed E-state index contributed by atoms with van der Waals surface area (Å²) in [4.78, 5) is 24.6. The standard InChI is InChI=1S/C34H58N2O26/c1-8(41)35-15-22(48)17(43)10(3-37)56-31(15)61-28-21(47)13(6-40)58-33(26(28)52)60-27-16(36-9(2)42)32(57-12(5-39)20(27)46)62-29-24(50)18(44)11(4-38)59-34(29)54-7-14-19(45)23(49)25(51)30(53)55-14/h10-34,37-40,43-53H,3-7H2,1-2H3,(H,35,41)(H,36,42)/t10-,11-,12-,13-,14-,15-,16-,17-,18-,19-,20-,21+,22-,23+,24+,25-,26-,27-,28+,29-,30+,31+,32+,33-,34+/m1/s1. The van der Waals surface area contributed by atoms with E-state index < -0.39 is 198 Å². The van der Waals surface area contributed by atoms with Crippen LogP contribution in [0.4, 0.5) is 0 Å². The van der Waals surface area contributed by atoms with Gasteiger partial charge in [0.2, 0.25) is 11.8 Å². The van der Waals surface area contributed by atoms with E-state index in [1.807, 2.05) is 0 Å². The second-order valence-electron chi connectivity index (χ2n) is 15.5. The lowest BCUT2D eigenvalue weighted by Crippen LogP contribution is -2.70. The maximum Gasteiger partial charge on any atom is 0.217 e. The second-order valence-corrected chi connectivity index (χ2v) is 15.5. The van der Waals surface area contributed by atoms with E-state index in [1.165, 1.54) is 0 Å². The van der Waals surface area contributed by atoms with Crippen molar-refractivity contribution in [1.82, 2.24) is 10.6 Å². The maximum absolute atomic E-state index is 12.6. The molecule has 0 radical (unpaired) electrons. The number of hydrogen-bond donors (Lipinski definition) is 17. The summed E-state index contributed by atoms with van der Waals surface area (Å²) in [6.45, 7) is -2.37. The fraction of sp³-hybridized carbons (Fsp3) is 0.941. The Morgan fingerprint density at radius 1 is 0.419 bits per heavy atom. The Kier molecular flexibility index (Phi) is 18.1. The molecule has 5 heterocycles. The first-order chi connectivity index (χ1) is 29.3. The number of carbonyl (C=O) groups is 2. The molecular weight excluding hydrogens is 852 g/mol. The van der Waals surface area contributed by atoms with E-state index >= 15 is 0 Å². The first-order valence-electron chi connectivity index (χ1n) is 19.6. The van der Waals surface area contributed by atoms with E-state index in [-0.39, 0.29) is 0 Å². The molecule has 28 nitrogen and oxygen atoms in total. The van der Waals surface area contributed by atoms with Gasteiger partial charge in [-0.1, -0.05) is 0 Å². The molecule has 5 rings (SSSR count). The van der Waals surface area contributed by atoms with Crippen LogP contribution in [0, 0.1) is 0 Å². The second kappa shape index (κ2) is 22.0. The third-order valence-electron chi connectivity index (χ3n) is 11.1. The lowest BCUT2D eigenvalue weighted by atomic mass is 9.94. The molecule has 5 fully saturated rings. The summed E-state index contributed by atoms with van der Waals surface area (Å²) in [7, 11) is 0. The molecule has 0 saturated carbocycles. The molecule has 0 aromatic carbocycles. The fourth-order valence-electron chi connectivity index (χ4n) is 7.71. The number of aliphatic hydroxyl groups is 15. The predicted octanol–water partition coefficient (Wildman–Crippen LogP) is -11.6. The van der Waals surface area contributed by atoms with Gasteiger partial charge < -0.3 is 130 Å². The van der Waals surface area contributed by atoms with Gasteiger partial charge in [0.25, 0.3) is 0 Å². The average Bonchev–Trinajstić information content (AvgIpc) is 3.23. The van der Waals surface area contributed by atoms with Crippen LogP contribution in [0.2, 0.25) is 0 Å². The molecular formula is C34H58N2O26. The largest absolute Gasteiger partial charge is 0.394 e. The average molecular weight is 911 g/mol. The van der Waals surface area contributed by atoms with E-state index in [9.17, 15) is 86.2 Å². The summed E-state index contributed by atoms with van der Waals surface area (Å²) in [6, 6.07) is -3.29. The molecule has 0 unspecified atom stereocenters. The number of hydrogen-bond acceptors (Lipinski definition) is 26. The van der Waals surface area contributed by atoms with Gasteiger partial charge in [0.15, 0.2) is 31.5 Å². The number of ether oxygens (including phenoxy) is 9. The van der Waals surface area contributed by atoms with Crippen LogP contribution in [0.15, 0.2) is 0 Å². The Labute approximate surface area is 351 Å². The summed E-state index contributed by atoms with van der Waals surface area (Å²) >= 11 is 0. The summed E-state index contributed by atoms with van der Waals surface area (Å²) in [5.74, 6) is -1.57. The molecule has 5 aliphatic heterocycles. The van der Waals surface area contributed by atoms with Gasteiger partial charge in [-0.3, -0.25) is 9.59 Å². The molecule has 25 atom stereocenters. The van der Waals surface area contributed by atoms with Crippen LogP contribution in [-0.4, -0.2) is 275 Å².